The van der Waals surface area contributed by atoms with Crippen molar-refractivity contribution in [1.29, 1.82) is 0 Å². The van der Waals surface area contributed by atoms with Crippen LogP contribution in [0.1, 0.15) is 31.9 Å². The molecule has 0 aromatic carbocycles. The molecule has 1 aliphatic carbocycles. The standard InChI is InChI=1S/C13H20N2/c1-11(10-12-5-6-12)14-9-7-13-4-2-3-8-15-13/h2-4,8,11-12,14H,5-7,9-10H2,1H3. The van der Waals surface area contributed by atoms with Crippen LogP contribution in [0.25, 0.3) is 0 Å². The first-order valence-electron chi connectivity index (χ1n) is 5.98. The molecule has 2 nitrogen and oxygen atoms in total. The second-order valence-electron chi connectivity index (χ2n) is 4.61. The van der Waals surface area contributed by atoms with E-state index in [1.54, 1.807) is 0 Å². The largest absolute Gasteiger partial charge is 0.314 e. The summed E-state index contributed by atoms with van der Waals surface area (Å²) in [7, 11) is 0. The molecular weight excluding hydrogens is 184 g/mol. The van der Waals surface area contributed by atoms with Crippen molar-refractivity contribution >= 4 is 0 Å². The van der Waals surface area contributed by atoms with Crippen LogP contribution in [0.3, 0.4) is 0 Å². The molecule has 0 bridgehead atoms. The predicted molar refractivity (Wildman–Crippen MR) is 62.7 cm³/mol. The molecule has 1 aliphatic rings. The number of pyridine rings is 1. The van der Waals surface area contributed by atoms with Crippen molar-refractivity contribution in [3.05, 3.63) is 30.1 Å². The number of hydrogen-bond acceptors (Lipinski definition) is 2. The van der Waals surface area contributed by atoms with Crippen LogP contribution in [0.2, 0.25) is 0 Å². The Kier molecular flexibility index (Phi) is 3.73. The smallest absolute Gasteiger partial charge is 0.0416 e. The summed E-state index contributed by atoms with van der Waals surface area (Å²) >= 11 is 0. The van der Waals surface area contributed by atoms with E-state index in [4.69, 9.17) is 0 Å². The molecule has 1 heterocycles. The lowest BCUT2D eigenvalue weighted by Crippen LogP contribution is -2.28. The summed E-state index contributed by atoms with van der Waals surface area (Å²) < 4.78 is 0. The van der Waals surface area contributed by atoms with E-state index in [9.17, 15) is 0 Å². The molecule has 1 aromatic heterocycles. The topological polar surface area (TPSA) is 24.9 Å². The van der Waals surface area contributed by atoms with Gasteiger partial charge in [0.1, 0.15) is 0 Å². The van der Waals surface area contributed by atoms with Gasteiger partial charge in [-0.25, -0.2) is 0 Å². The van der Waals surface area contributed by atoms with E-state index in [-0.39, 0.29) is 0 Å². The van der Waals surface area contributed by atoms with E-state index in [1.807, 2.05) is 12.3 Å². The van der Waals surface area contributed by atoms with Gasteiger partial charge in [-0.15, -0.1) is 0 Å². The maximum atomic E-state index is 4.31. The molecule has 1 atom stereocenters. The van der Waals surface area contributed by atoms with E-state index in [1.165, 1.54) is 25.0 Å². The van der Waals surface area contributed by atoms with E-state index < -0.39 is 0 Å². The van der Waals surface area contributed by atoms with Crippen LogP contribution in [0.4, 0.5) is 0 Å². The Balaban J connectivity index is 1.61. The molecule has 2 rings (SSSR count). The predicted octanol–water partition coefficient (Wildman–Crippen LogP) is 2.40. The second-order valence-corrected chi connectivity index (χ2v) is 4.61. The first-order chi connectivity index (χ1) is 7.34. The summed E-state index contributed by atoms with van der Waals surface area (Å²) in [5.41, 5.74) is 1.18. The third kappa shape index (κ3) is 4.00. The van der Waals surface area contributed by atoms with Crippen molar-refractivity contribution in [2.75, 3.05) is 6.54 Å². The van der Waals surface area contributed by atoms with Gasteiger partial charge in [0, 0.05) is 30.9 Å². The van der Waals surface area contributed by atoms with E-state index in [2.05, 4.69) is 29.4 Å². The lowest BCUT2D eigenvalue weighted by molar-refractivity contribution is 0.490. The first-order valence-corrected chi connectivity index (χ1v) is 5.98. The summed E-state index contributed by atoms with van der Waals surface area (Å²) in [6.07, 6.45) is 7.15. The molecule has 0 saturated heterocycles. The zero-order chi connectivity index (χ0) is 10.5. The molecule has 0 aliphatic heterocycles. The fourth-order valence-electron chi connectivity index (χ4n) is 1.93. The zero-order valence-electron chi connectivity index (χ0n) is 9.45. The average Bonchev–Trinajstić information content (AvgIpc) is 3.03. The highest BCUT2D eigenvalue weighted by atomic mass is 14.9. The molecule has 2 heteroatoms. The quantitative estimate of drug-likeness (QED) is 0.769. The molecule has 1 N–H and O–H groups in total. The Bertz CT molecular complexity index is 280. The number of aromatic nitrogens is 1. The summed E-state index contributed by atoms with van der Waals surface area (Å²) in [6, 6.07) is 6.77. The minimum absolute atomic E-state index is 0.668. The van der Waals surface area contributed by atoms with Gasteiger partial charge >= 0.3 is 0 Å². The number of hydrogen-bond donors (Lipinski definition) is 1. The molecule has 0 spiro atoms. The van der Waals surface area contributed by atoms with Crippen molar-refractivity contribution < 1.29 is 0 Å². The highest BCUT2D eigenvalue weighted by Crippen LogP contribution is 2.33. The van der Waals surface area contributed by atoms with Crippen LogP contribution < -0.4 is 5.32 Å². The summed E-state index contributed by atoms with van der Waals surface area (Å²) in [4.78, 5) is 4.31. The highest BCUT2D eigenvalue weighted by molar-refractivity contribution is 5.03. The van der Waals surface area contributed by atoms with E-state index in [0.717, 1.165) is 18.9 Å². The van der Waals surface area contributed by atoms with E-state index >= 15 is 0 Å². The second kappa shape index (κ2) is 5.26. The minimum atomic E-state index is 0.668. The van der Waals surface area contributed by atoms with Crippen molar-refractivity contribution in [2.45, 2.75) is 38.6 Å². The monoisotopic (exact) mass is 204 g/mol. The van der Waals surface area contributed by atoms with Crippen LogP contribution in [0.5, 0.6) is 0 Å². The van der Waals surface area contributed by atoms with Gasteiger partial charge in [-0.3, -0.25) is 4.98 Å². The van der Waals surface area contributed by atoms with Gasteiger partial charge in [-0.1, -0.05) is 18.9 Å². The van der Waals surface area contributed by atoms with Crippen molar-refractivity contribution in [1.82, 2.24) is 10.3 Å². The van der Waals surface area contributed by atoms with Crippen molar-refractivity contribution in [3.63, 3.8) is 0 Å². The van der Waals surface area contributed by atoms with Gasteiger partial charge < -0.3 is 5.32 Å². The Morgan fingerprint density at radius 3 is 3.00 bits per heavy atom. The normalized spacial score (nSPS) is 17.7. The summed E-state index contributed by atoms with van der Waals surface area (Å²) in [5, 5.41) is 3.56. The Morgan fingerprint density at radius 1 is 1.47 bits per heavy atom. The fourth-order valence-corrected chi connectivity index (χ4v) is 1.93. The van der Waals surface area contributed by atoms with Crippen LogP contribution in [0.15, 0.2) is 24.4 Å². The molecule has 1 unspecified atom stereocenters. The Labute approximate surface area is 92.1 Å². The minimum Gasteiger partial charge on any atom is -0.314 e. The lowest BCUT2D eigenvalue weighted by atomic mass is 10.1. The van der Waals surface area contributed by atoms with Crippen molar-refractivity contribution in [3.8, 4) is 0 Å². The fraction of sp³-hybridized carbons (Fsp3) is 0.615. The first kappa shape index (κ1) is 10.6. The molecule has 15 heavy (non-hydrogen) atoms. The molecule has 0 amide bonds. The number of nitrogens with one attached hydrogen (secondary N) is 1. The van der Waals surface area contributed by atoms with Crippen LogP contribution in [0, 0.1) is 5.92 Å². The maximum absolute atomic E-state index is 4.31. The van der Waals surface area contributed by atoms with Gasteiger partial charge in [0.2, 0.25) is 0 Å². The number of nitrogens with zero attached hydrogens (tertiary/aromatic N) is 1. The molecule has 0 radical (unpaired) electrons. The molecular formula is C13H20N2. The number of rotatable bonds is 6. The molecule has 1 saturated carbocycles. The maximum Gasteiger partial charge on any atom is 0.0416 e. The van der Waals surface area contributed by atoms with Gasteiger partial charge in [0.05, 0.1) is 0 Å². The average molecular weight is 204 g/mol. The van der Waals surface area contributed by atoms with Crippen LogP contribution in [-0.4, -0.2) is 17.6 Å². The molecule has 1 aromatic rings. The Morgan fingerprint density at radius 2 is 2.33 bits per heavy atom. The third-order valence-corrected chi connectivity index (χ3v) is 2.98. The van der Waals surface area contributed by atoms with Gasteiger partial charge in [-0.05, 0) is 31.4 Å². The summed E-state index contributed by atoms with van der Waals surface area (Å²) in [5.74, 6) is 1.02. The molecule has 1 fully saturated rings. The Hall–Kier alpha value is -0.890. The zero-order valence-corrected chi connectivity index (χ0v) is 9.45. The van der Waals surface area contributed by atoms with Crippen LogP contribution >= 0.6 is 0 Å². The summed E-state index contributed by atoms with van der Waals surface area (Å²) in [6.45, 7) is 3.33. The van der Waals surface area contributed by atoms with Crippen LogP contribution in [-0.2, 0) is 6.42 Å². The molecule has 82 valence electrons. The van der Waals surface area contributed by atoms with Crippen molar-refractivity contribution in [2.24, 2.45) is 5.92 Å². The van der Waals surface area contributed by atoms with E-state index in [0.29, 0.717) is 6.04 Å². The SMILES string of the molecule is CC(CC1CC1)NCCc1ccccn1. The highest BCUT2D eigenvalue weighted by Gasteiger charge is 2.22. The van der Waals surface area contributed by atoms with Gasteiger partial charge in [-0.2, -0.15) is 0 Å². The van der Waals surface area contributed by atoms with Gasteiger partial charge in [0.25, 0.3) is 0 Å². The lowest BCUT2D eigenvalue weighted by Gasteiger charge is -2.12. The third-order valence-electron chi connectivity index (χ3n) is 2.98. The van der Waals surface area contributed by atoms with Gasteiger partial charge in [0.15, 0.2) is 0 Å².